The fourth-order valence-electron chi connectivity index (χ4n) is 3.06. The maximum atomic E-state index is 13.0. The van der Waals surface area contributed by atoms with E-state index in [0.717, 1.165) is 16.9 Å². The number of hydrogen-bond acceptors (Lipinski definition) is 5. The number of amides is 1. The van der Waals surface area contributed by atoms with Crippen LogP contribution in [0, 0.1) is 6.92 Å². The van der Waals surface area contributed by atoms with E-state index in [9.17, 15) is 14.4 Å². The highest BCUT2D eigenvalue weighted by Crippen LogP contribution is 2.27. The minimum atomic E-state index is -1.12. The summed E-state index contributed by atoms with van der Waals surface area (Å²) in [6, 6.07) is 17.3. The lowest BCUT2D eigenvalue weighted by molar-refractivity contribution is -0.125. The van der Waals surface area contributed by atoms with Gasteiger partial charge in [-0.2, -0.15) is 0 Å². The SMILES string of the molecule is CCc1sc(C(=O)OC(C(=O)Nc2cccc(C(C)=O)c2)c2ccccc2)cc1C. The van der Waals surface area contributed by atoms with E-state index in [-0.39, 0.29) is 5.78 Å². The summed E-state index contributed by atoms with van der Waals surface area (Å²) < 4.78 is 5.64. The Balaban J connectivity index is 1.85. The van der Waals surface area contributed by atoms with Gasteiger partial charge in [-0.15, -0.1) is 11.3 Å². The Hall–Kier alpha value is -3.25. The number of anilines is 1. The summed E-state index contributed by atoms with van der Waals surface area (Å²) in [5.74, 6) is -1.12. The van der Waals surface area contributed by atoms with E-state index >= 15 is 0 Å². The number of thiophene rings is 1. The molecule has 2 aromatic carbocycles. The van der Waals surface area contributed by atoms with Crippen LogP contribution in [0.3, 0.4) is 0 Å². The average molecular weight is 422 g/mol. The van der Waals surface area contributed by atoms with Gasteiger partial charge >= 0.3 is 5.97 Å². The van der Waals surface area contributed by atoms with Gasteiger partial charge in [-0.05, 0) is 44.0 Å². The van der Waals surface area contributed by atoms with Crippen LogP contribution in [-0.4, -0.2) is 17.7 Å². The van der Waals surface area contributed by atoms with E-state index < -0.39 is 18.0 Å². The second kappa shape index (κ2) is 9.50. The van der Waals surface area contributed by atoms with E-state index in [2.05, 4.69) is 5.32 Å². The third kappa shape index (κ3) is 5.02. The molecule has 0 radical (unpaired) electrons. The molecule has 1 unspecified atom stereocenters. The Kier molecular flexibility index (Phi) is 6.79. The van der Waals surface area contributed by atoms with Crippen LogP contribution in [0.4, 0.5) is 5.69 Å². The van der Waals surface area contributed by atoms with Gasteiger partial charge in [0.15, 0.2) is 5.78 Å². The highest BCUT2D eigenvalue weighted by molar-refractivity contribution is 7.14. The number of esters is 1. The lowest BCUT2D eigenvalue weighted by Gasteiger charge is -2.18. The second-order valence-corrected chi connectivity index (χ2v) is 8.03. The molecule has 6 heteroatoms. The van der Waals surface area contributed by atoms with Gasteiger partial charge in [0.2, 0.25) is 6.10 Å². The Morgan fingerprint density at radius 3 is 2.40 bits per heavy atom. The molecule has 5 nitrogen and oxygen atoms in total. The van der Waals surface area contributed by atoms with Gasteiger partial charge in [0.05, 0.1) is 0 Å². The highest BCUT2D eigenvalue weighted by atomic mass is 32.1. The summed E-state index contributed by atoms with van der Waals surface area (Å²) >= 11 is 1.38. The molecule has 3 aromatic rings. The van der Waals surface area contributed by atoms with Gasteiger partial charge in [-0.1, -0.05) is 49.4 Å². The maximum Gasteiger partial charge on any atom is 0.349 e. The lowest BCUT2D eigenvalue weighted by Crippen LogP contribution is -2.25. The summed E-state index contributed by atoms with van der Waals surface area (Å²) in [6.45, 7) is 5.45. The molecule has 0 spiro atoms. The summed E-state index contributed by atoms with van der Waals surface area (Å²) in [5.41, 5.74) is 2.55. The monoisotopic (exact) mass is 421 g/mol. The van der Waals surface area contributed by atoms with E-state index in [1.807, 2.05) is 19.9 Å². The first-order chi connectivity index (χ1) is 14.4. The molecule has 1 amide bonds. The quantitative estimate of drug-likeness (QED) is 0.412. The van der Waals surface area contributed by atoms with Crippen molar-refractivity contribution < 1.29 is 19.1 Å². The zero-order valence-corrected chi connectivity index (χ0v) is 17.9. The minimum Gasteiger partial charge on any atom is -0.443 e. The van der Waals surface area contributed by atoms with Crippen molar-refractivity contribution >= 4 is 34.7 Å². The van der Waals surface area contributed by atoms with Crippen molar-refractivity contribution in [3.05, 3.63) is 87.1 Å². The first-order valence-electron chi connectivity index (χ1n) is 9.66. The number of ether oxygens (including phenoxy) is 1. The molecule has 1 N–H and O–H groups in total. The van der Waals surface area contributed by atoms with Crippen LogP contribution in [0.1, 0.15) is 56.0 Å². The fourth-order valence-corrected chi connectivity index (χ4v) is 4.06. The molecule has 30 heavy (non-hydrogen) atoms. The van der Waals surface area contributed by atoms with Crippen molar-refractivity contribution in [2.45, 2.75) is 33.3 Å². The number of rotatable bonds is 7. The Bertz CT molecular complexity index is 1070. The highest BCUT2D eigenvalue weighted by Gasteiger charge is 2.27. The number of hydrogen-bond donors (Lipinski definition) is 1. The van der Waals surface area contributed by atoms with Crippen molar-refractivity contribution in [3.8, 4) is 0 Å². The van der Waals surface area contributed by atoms with E-state index in [1.54, 1.807) is 54.6 Å². The largest absolute Gasteiger partial charge is 0.443 e. The standard InChI is InChI=1S/C24H23NO4S/c1-4-20-15(2)13-21(30-20)24(28)29-22(17-9-6-5-7-10-17)23(27)25-19-12-8-11-18(14-19)16(3)26/h5-14,22H,4H2,1-3H3,(H,25,27). The van der Waals surface area contributed by atoms with Crippen molar-refractivity contribution in [2.75, 3.05) is 5.32 Å². The molecule has 1 heterocycles. The molecule has 0 aliphatic heterocycles. The number of ketones is 1. The molecule has 154 valence electrons. The molecular weight excluding hydrogens is 398 g/mol. The normalized spacial score (nSPS) is 11.6. The van der Waals surface area contributed by atoms with Gasteiger partial charge < -0.3 is 10.1 Å². The second-order valence-electron chi connectivity index (χ2n) is 6.89. The number of aryl methyl sites for hydroxylation is 2. The predicted octanol–water partition coefficient (Wildman–Crippen LogP) is 5.36. The van der Waals surface area contributed by atoms with Crippen LogP contribution in [0.25, 0.3) is 0 Å². The summed E-state index contributed by atoms with van der Waals surface area (Å²) in [7, 11) is 0. The third-order valence-electron chi connectivity index (χ3n) is 4.64. The van der Waals surface area contributed by atoms with Gasteiger partial charge in [0.25, 0.3) is 5.91 Å². The number of Topliss-reactive ketones (excluding diaryl/α,β-unsaturated/α-hetero) is 1. The first kappa shape index (κ1) is 21.5. The van der Waals surface area contributed by atoms with Crippen LogP contribution in [-0.2, 0) is 16.0 Å². The molecule has 0 fully saturated rings. The maximum absolute atomic E-state index is 13.0. The van der Waals surface area contributed by atoms with Gasteiger partial charge in [0.1, 0.15) is 4.88 Å². The van der Waals surface area contributed by atoms with Gasteiger partial charge in [0, 0.05) is 21.7 Å². The smallest absolute Gasteiger partial charge is 0.349 e. The van der Waals surface area contributed by atoms with E-state index in [4.69, 9.17) is 4.74 Å². The average Bonchev–Trinajstić information content (AvgIpc) is 3.13. The third-order valence-corrected chi connectivity index (χ3v) is 6.01. The summed E-state index contributed by atoms with van der Waals surface area (Å²) in [5, 5.41) is 2.76. The number of nitrogens with one attached hydrogen (secondary N) is 1. The molecule has 0 saturated heterocycles. The van der Waals surface area contributed by atoms with Gasteiger partial charge in [-0.3, -0.25) is 9.59 Å². The fraction of sp³-hybridized carbons (Fsp3) is 0.208. The van der Waals surface area contributed by atoms with Crippen molar-refractivity contribution in [3.63, 3.8) is 0 Å². The number of carbonyl (C=O) groups is 3. The first-order valence-corrected chi connectivity index (χ1v) is 10.5. The zero-order valence-electron chi connectivity index (χ0n) is 17.1. The molecule has 0 bridgehead atoms. The van der Waals surface area contributed by atoms with Crippen molar-refractivity contribution in [2.24, 2.45) is 0 Å². The molecule has 1 atom stereocenters. The Labute approximate surface area is 179 Å². The molecular formula is C24H23NO4S. The van der Waals surface area contributed by atoms with E-state index in [1.165, 1.54) is 18.3 Å². The zero-order chi connectivity index (χ0) is 21.7. The number of benzene rings is 2. The summed E-state index contributed by atoms with van der Waals surface area (Å²) in [6.07, 6.45) is -0.286. The van der Waals surface area contributed by atoms with Crippen LogP contribution in [0.5, 0.6) is 0 Å². The van der Waals surface area contributed by atoms with Crippen molar-refractivity contribution in [1.82, 2.24) is 0 Å². The van der Waals surface area contributed by atoms with Crippen LogP contribution < -0.4 is 5.32 Å². The topological polar surface area (TPSA) is 72.5 Å². The van der Waals surface area contributed by atoms with E-state index in [0.29, 0.717) is 21.7 Å². The van der Waals surface area contributed by atoms with Gasteiger partial charge in [-0.25, -0.2) is 4.79 Å². The van der Waals surface area contributed by atoms with Crippen LogP contribution in [0.15, 0.2) is 60.7 Å². The molecule has 0 aliphatic rings. The van der Waals surface area contributed by atoms with Crippen LogP contribution >= 0.6 is 11.3 Å². The lowest BCUT2D eigenvalue weighted by atomic mass is 10.1. The Morgan fingerprint density at radius 1 is 1.03 bits per heavy atom. The van der Waals surface area contributed by atoms with Crippen molar-refractivity contribution in [1.29, 1.82) is 0 Å². The Morgan fingerprint density at radius 2 is 1.77 bits per heavy atom. The molecule has 1 aromatic heterocycles. The molecule has 0 aliphatic carbocycles. The predicted molar refractivity (Wildman–Crippen MR) is 118 cm³/mol. The molecule has 0 saturated carbocycles. The minimum absolute atomic E-state index is 0.100. The summed E-state index contributed by atoms with van der Waals surface area (Å²) in [4.78, 5) is 39.0. The number of carbonyl (C=O) groups excluding carboxylic acids is 3. The van der Waals surface area contributed by atoms with Crippen LogP contribution in [0.2, 0.25) is 0 Å². The molecule has 3 rings (SSSR count).